The third-order valence-electron chi connectivity index (χ3n) is 5.87. The first-order valence-corrected chi connectivity index (χ1v) is 8.89. The van der Waals surface area contributed by atoms with Gasteiger partial charge in [-0.2, -0.15) is 0 Å². The molecule has 0 radical (unpaired) electrons. The zero-order valence-corrected chi connectivity index (χ0v) is 13.8. The maximum absolute atomic E-state index is 12.7. The molecule has 2 bridgehead atoms. The van der Waals surface area contributed by atoms with Gasteiger partial charge in [0.15, 0.2) is 11.5 Å². The zero-order chi connectivity index (χ0) is 15.8. The summed E-state index contributed by atoms with van der Waals surface area (Å²) < 4.78 is 10.8. The van der Waals surface area contributed by atoms with Crippen molar-refractivity contribution in [2.24, 2.45) is 17.8 Å². The first kappa shape index (κ1) is 14.9. The molecule has 4 rings (SSSR count). The molecule has 3 unspecified atom stereocenters. The molecule has 0 N–H and O–H groups in total. The van der Waals surface area contributed by atoms with Gasteiger partial charge in [-0.15, -0.1) is 0 Å². The van der Waals surface area contributed by atoms with Crippen molar-refractivity contribution in [2.75, 3.05) is 13.3 Å². The molecule has 3 aliphatic rings. The molecule has 23 heavy (non-hydrogen) atoms. The first-order chi connectivity index (χ1) is 11.2. The molecule has 2 fully saturated rings. The summed E-state index contributed by atoms with van der Waals surface area (Å²) in [4.78, 5) is 14.7. The third kappa shape index (κ3) is 2.91. The number of rotatable bonds is 5. The van der Waals surface area contributed by atoms with Crippen LogP contribution in [0.4, 0.5) is 0 Å². The van der Waals surface area contributed by atoms with E-state index in [1.807, 2.05) is 23.1 Å². The molecule has 4 nitrogen and oxygen atoms in total. The lowest BCUT2D eigenvalue weighted by atomic mass is 9.86. The van der Waals surface area contributed by atoms with E-state index in [1.165, 1.54) is 25.7 Å². The molecule has 0 saturated heterocycles. The van der Waals surface area contributed by atoms with Crippen LogP contribution in [-0.2, 0) is 11.3 Å². The highest BCUT2D eigenvalue weighted by Crippen LogP contribution is 2.49. The van der Waals surface area contributed by atoms with Crippen LogP contribution in [0.1, 0.15) is 44.6 Å². The number of benzene rings is 1. The summed E-state index contributed by atoms with van der Waals surface area (Å²) in [5, 5.41) is 0. The van der Waals surface area contributed by atoms with Gasteiger partial charge in [0.25, 0.3) is 0 Å². The molecule has 0 aromatic heterocycles. The lowest BCUT2D eigenvalue weighted by Gasteiger charge is -2.26. The van der Waals surface area contributed by atoms with Gasteiger partial charge >= 0.3 is 0 Å². The second-order valence-corrected chi connectivity index (χ2v) is 7.23. The van der Waals surface area contributed by atoms with Gasteiger partial charge < -0.3 is 14.4 Å². The quantitative estimate of drug-likeness (QED) is 0.833. The lowest BCUT2D eigenvalue weighted by Crippen LogP contribution is -2.32. The Kier molecular flexibility index (Phi) is 3.92. The van der Waals surface area contributed by atoms with Gasteiger partial charge in [0.2, 0.25) is 12.7 Å². The molecule has 1 heterocycles. The number of nitrogens with zero attached hydrogens (tertiary/aromatic N) is 1. The van der Waals surface area contributed by atoms with Gasteiger partial charge in [-0.05, 0) is 61.6 Å². The monoisotopic (exact) mass is 315 g/mol. The van der Waals surface area contributed by atoms with E-state index in [0.29, 0.717) is 25.2 Å². The minimum Gasteiger partial charge on any atom is -0.454 e. The minimum absolute atomic E-state index is 0.291. The third-order valence-corrected chi connectivity index (χ3v) is 5.87. The summed E-state index contributed by atoms with van der Waals surface area (Å²) in [5.41, 5.74) is 1.11. The molecule has 1 amide bonds. The Balaban J connectivity index is 1.39. The van der Waals surface area contributed by atoms with Gasteiger partial charge in [-0.25, -0.2) is 0 Å². The topological polar surface area (TPSA) is 38.8 Å². The predicted octanol–water partition coefficient (Wildman–Crippen LogP) is 3.59. The average molecular weight is 315 g/mol. The van der Waals surface area contributed by atoms with Crippen molar-refractivity contribution in [3.05, 3.63) is 23.8 Å². The van der Waals surface area contributed by atoms with Crippen LogP contribution in [0.25, 0.3) is 0 Å². The molecule has 2 saturated carbocycles. The van der Waals surface area contributed by atoms with E-state index in [4.69, 9.17) is 9.47 Å². The molecule has 1 aromatic carbocycles. The minimum atomic E-state index is 0.291. The molecule has 2 aliphatic carbocycles. The molecule has 1 aliphatic heterocycles. The van der Waals surface area contributed by atoms with E-state index in [1.54, 1.807) is 0 Å². The highest BCUT2D eigenvalue weighted by molar-refractivity contribution is 5.76. The van der Waals surface area contributed by atoms with Crippen LogP contribution < -0.4 is 9.47 Å². The van der Waals surface area contributed by atoms with Crippen LogP contribution in [-0.4, -0.2) is 24.1 Å². The SMILES string of the molecule is CCN(Cc1ccc2c(c1)OCO2)C(=O)CC1CC2CCC1C2. The molecule has 3 atom stereocenters. The van der Waals surface area contributed by atoms with Gasteiger partial charge in [-0.3, -0.25) is 4.79 Å². The second-order valence-electron chi connectivity index (χ2n) is 7.23. The first-order valence-electron chi connectivity index (χ1n) is 8.89. The summed E-state index contributed by atoms with van der Waals surface area (Å²) >= 11 is 0. The zero-order valence-electron chi connectivity index (χ0n) is 13.8. The van der Waals surface area contributed by atoms with E-state index in [-0.39, 0.29) is 0 Å². The second kappa shape index (κ2) is 6.06. The predicted molar refractivity (Wildman–Crippen MR) is 87.2 cm³/mol. The highest BCUT2D eigenvalue weighted by Gasteiger charge is 2.40. The number of ether oxygens (including phenoxy) is 2. The Bertz CT molecular complexity index is 600. The molecular weight excluding hydrogens is 290 g/mol. The highest BCUT2D eigenvalue weighted by atomic mass is 16.7. The smallest absolute Gasteiger partial charge is 0.231 e. The number of fused-ring (bicyclic) bond motifs is 3. The summed E-state index contributed by atoms with van der Waals surface area (Å²) in [6, 6.07) is 5.96. The number of amides is 1. The number of carbonyl (C=O) groups excluding carboxylic acids is 1. The fourth-order valence-electron chi connectivity index (χ4n) is 4.62. The molecule has 124 valence electrons. The van der Waals surface area contributed by atoms with Crippen LogP contribution in [0, 0.1) is 17.8 Å². The molecule has 1 aromatic rings. The normalized spacial score (nSPS) is 27.4. The van der Waals surface area contributed by atoms with E-state index >= 15 is 0 Å². The Morgan fingerprint density at radius 3 is 2.83 bits per heavy atom. The van der Waals surface area contributed by atoms with Crippen LogP contribution >= 0.6 is 0 Å². The van der Waals surface area contributed by atoms with Crippen molar-refractivity contribution in [1.29, 1.82) is 0 Å². The fraction of sp³-hybridized carbons (Fsp3) is 0.632. The van der Waals surface area contributed by atoms with Gasteiger partial charge in [0.05, 0.1) is 0 Å². The van der Waals surface area contributed by atoms with Gasteiger partial charge in [-0.1, -0.05) is 12.5 Å². The molecule has 0 spiro atoms. The van der Waals surface area contributed by atoms with Gasteiger partial charge in [0.1, 0.15) is 0 Å². The Morgan fingerprint density at radius 2 is 2.09 bits per heavy atom. The van der Waals surface area contributed by atoms with Crippen LogP contribution in [0.3, 0.4) is 0 Å². The summed E-state index contributed by atoms with van der Waals surface area (Å²) in [5.74, 6) is 4.24. The number of hydrogen-bond donors (Lipinski definition) is 0. The maximum Gasteiger partial charge on any atom is 0.231 e. The van der Waals surface area contributed by atoms with E-state index in [0.717, 1.165) is 41.9 Å². The standard InChI is InChI=1S/C19H25NO3/c1-2-20(11-14-4-6-17-18(9-14)23-12-22-17)19(21)10-16-8-13-3-5-15(16)7-13/h4,6,9,13,15-16H,2-3,5,7-8,10-12H2,1H3. The Morgan fingerprint density at radius 1 is 1.22 bits per heavy atom. The van der Waals surface area contributed by atoms with Crippen LogP contribution in [0.2, 0.25) is 0 Å². The summed E-state index contributed by atoms with van der Waals surface area (Å²) in [6.07, 6.45) is 6.12. The largest absolute Gasteiger partial charge is 0.454 e. The van der Waals surface area contributed by atoms with Crippen LogP contribution in [0.15, 0.2) is 18.2 Å². The van der Waals surface area contributed by atoms with Crippen molar-refractivity contribution >= 4 is 5.91 Å². The lowest BCUT2D eigenvalue weighted by molar-refractivity contribution is -0.133. The van der Waals surface area contributed by atoms with Crippen molar-refractivity contribution in [2.45, 2.75) is 45.6 Å². The van der Waals surface area contributed by atoms with E-state index in [2.05, 4.69) is 6.92 Å². The fourth-order valence-corrected chi connectivity index (χ4v) is 4.62. The Hall–Kier alpha value is -1.71. The number of hydrogen-bond acceptors (Lipinski definition) is 3. The average Bonchev–Trinajstić information content (AvgIpc) is 3.27. The van der Waals surface area contributed by atoms with Crippen LogP contribution in [0.5, 0.6) is 11.5 Å². The Labute approximate surface area is 137 Å². The summed E-state index contributed by atoms with van der Waals surface area (Å²) in [6.45, 7) is 3.77. The van der Waals surface area contributed by atoms with Crippen molar-refractivity contribution < 1.29 is 14.3 Å². The van der Waals surface area contributed by atoms with E-state index < -0.39 is 0 Å². The molecule has 4 heteroatoms. The van der Waals surface area contributed by atoms with Crippen molar-refractivity contribution in [3.8, 4) is 11.5 Å². The molecular formula is C19H25NO3. The van der Waals surface area contributed by atoms with Gasteiger partial charge in [0, 0.05) is 19.5 Å². The van der Waals surface area contributed by atoms with Crippen molar-refractivity contribution in [3.63, 3.8) is 0 Å². The summed E-state index contributed by atoms with van der Waals surface area (Å²) in [7, 11) is 0. The van der Waals surface area contributed by atoms with E-state index in [9.17, 15) is 4.79 Å². The van der Waals surface area contributed by atoms with Crippen molar-refractivity contribution in [1.82, 2.24) is 4.90 Å². The number of carbonyl (C=O) groups is 1. The maximum atomic E-state index is 12.7.